The molecular weight excluding hydrogens is 352 g/mol. The molecule has 0 atom stereocenters. The number of benzene rings is 2. The zero-order chi connectivity index (χ0) is 18.5. The normalized spacial score (nSPS) is 10.3. The summed E-state index contributed by atoms with van der Waals surface area (Å²) in [6.45, 7) is 2.01. The van der Waals surface area contributed by atoms with Gasteiger partial charge in [0.2, 0.25) is 0 Å². The molecule has 2 aromatic carbocycles. The first-order valence-corrected chi connectivity index (χ1v) is 8.23. The van der Waals surface area contributed by atoms with Crippen LogP contribution in [0, 0.1) is 6.92 Å². The highest BCUT2D eigenvalue weighted by atomic mass is 35.5. The first-order chi connectivity index (χ1) is 12.5. The highest BCUT2D eigenvalue weighted by molar-refractivity contribution is 6.31. The minimum Gasteiger partial charge on any atom is -0.495 e. The van der Waals surface area contributed by atoms with Gasteiger partial charge in [-0.1, -0.05) is 29.3 Å². The van der Waals surface area contributed by atoms with Crippen molar-refractivity contribution in [3.8, 4) is 5.75 Å². The minimum absolute atomic E-state index is 0.219. The number of carbonyl (C=O) groups is 1. The molecule has 7 heteroatoms. The number of hydrogen-bond donors (Lipinski definition) is 2. The molecule has 132 valence electrons. The molecule has 1 amide bonds. The van der Waals surface area contributed by atoms with Crippen molar-refractivity contribution in [2.24, 2.45) is 0 Å². The lowest BCUT2D eigenvalue weighted by atomic mass is 10.2. The molecule has 0 bridgehead atoms. The Kier molecular flexibility index (Phi) is 5.34. The molecular formula is C19H17ClN4O2. The fraction of sp³-hybridized carbons (Fsp3) is 0.105. The number of halogens is 1. The predicted octanol–water partition coefficient (Wildman–Crippen LogP) is 4.44. The fourth-order valence-corrected chi connectivity index (χ4v) is 2.47. The van der Waals surface area contributed by atoms with Gasteiger partial charge < -0.3 is 15.4 Å². The van der Waals surface area contributed by atoms with Gasteiger partial charge in [0.25, 0.3) is 5.91 Å². The highest BCUT2D eigenvalue weighted by Crippen LogP contribution is 2.28. The summed E-state index contributed by atoms with van der Waals surface area (Å²) in [4.78, 5) is 20.7. The maximum absolute atomic E-state index is 12.5. The van der Waals surface area contributed by atoms with Crippen molar-refractivity contribution in [3.05, 3.63) is 71.1 Å². The third-order valence-corrected chi connectivity index (χ3v) is 3.87. The smallest absolute Gasteiger partial charge is 0.274 e. The maximum atomic E-state index is 12.5. The van der Waals surface area contributed by atoms with Crippen LogP contribution in [0.4, 0.5) is 17.2 Å². The summed E-state index contributed by atoms with van der Waals surface area (Å²) in [7, 11) is 1.52. The molecule has 3 aromatic rings. The average molecular weight is 369 g/mol. The SMILES string of the molecule is COc1ccc(Cl)cc1NC(=O)c1cc(Nc2ccc(C)cc2)ncn1. The van der Waals surface area contributed by atoms with E-state index in [1.165, 1.54) is 13.4 Å². The van der Waals surface area contributed by atoms with Crippen LogP contribution in [0.15, 0.2) is 54.9 Å². The van der Waals surface area contributed by atoms with Crippen molar-refractivity contribution in [2.75, 3.05) is 17.7 Å². The van der Waals surface area contributed by atoms with Gasteiger partial charge in [-0.15, -0.1) is 0 Å². The molecule has 0 saturated carbocycles. The number of nitrogens with one attached hydrogen (secondary N) is 2. The topological polar surface area (TPSA) is 76.1 Å². The second-order valence-electron chi connectivity index (χ2n) is 5.58. The van der Waals surface area contributed by atoms with Crippen LogP contribution in [0.3, 0.4) is 0 Å². The van der Waals surface area contributed by atoms with E-state index in [0.29, 0.717) is 22.3 Å². The summed E-state index contributed by atoms with van der Waals surface area (Å²) in [5, 5.41) is 6.39. The Morgan fingerprint density at radius 3 is 2.58 bits per heavy atom. The van der Waals surface area contributed by atoms with Gasteiger partial charge >= 0.3 is 0 Å². The number of aromatic nitrogens is 2. The van der Waals surface area contributed by atoms with Crippen LogP contribution in [-0.4, -0.2) is 23.0 Å². The summed E-state index contributed by atoms with van der Waals surface area (Å²) in [5.74, 6) is 0.641. The molecule has 3 rings (SSSR count). The Bertz CT molecular complexity index is 929. The van der Waals surface area contributed by atoms with Gasteiger partial charge in [0.05, 0.1) is 12.8 Å². The minimum atomic E-state index is -0.389. The quantitative estimate of drug-likeness (QED) is 0.696. The van der Waals surface area contributed by atoms with Gasteiger partial charge in [0, 0.05) is 16.8 Å². The highest BCUT2D eigenvalue weighted by Gasteiger charge is 2.12. The number of aryl methyl sites for hydroxylation is 1. The Labute approximate surface area is 156 Å². The number of rotatable bonds is 5. The number of carbonyl (C=O) groups excluding carboxylic acids is 1. The Balaban J connectivity index is 1.78. The van der Waals surface area contributed by atoms with Crippen molar-refractivity contribution in [3.63, 3.8) is 0 Å². The largest absolute Gasteiger partial charge is 0.495 e. The van der Waals surface area contributed by atoms with Crippen molar-refractivity contribution in [1.29, 1.82) is 0 Å². The third kappa shape index (κ3) is 4.29. The molecule has 0 unspecified atom stereocenters. The first-order valence-electron chi connectivity index (χ1n) is 7.86. The molecule has 0 aliphatic rings. The molecule has 1 aromatic heterocycles. The third-order valence-electron chi connectivity index (χ3n) is 3.63. The number of nitrogens with zero attached hydrogens (tertiary/aromatic N) is 2. The van der Waals surface area contributed by atoms with E-state index < -0.39 is 0 Å². The summed E-state index contributed by atoms with van der Waals surface area (Å²) in [5.41, 5.74) is 2.72. The van der Waals surface area contributed by atoms with E-state index >= 15 is 0 Å². The molecule has 0 saturated heterocycles. The number of methoxy groups -OCH3 is 1. The Hall–Kier alpha value is -3.12. The van der Waals surface area contributed by atoms with E-state index in [1.54, 1.807) is 24.3 Å². The predicted molar refractivity (Wildman–Crippen MR) is 102 cm³/mol. The molecule has 0 aliphatic carbocycles. The molecule has 26 heavy (non-hydrogen) atoms. The monoisotopic (exact) mass is 368 g/mol. The van der Waals surface area contributed by atoms with E-state index in [0.717, 1.165) is 11.3 Å². The van der Waals surface area contributed by atoms with Gasteiger partial charge in [-0.05, 0) is 37.3 Å². The lowest BCUT2D eigenvalue weighted by molar-refractivity contribution is 0.102. The zero-order valence-corrected chi connectivity index (χ0v) is 15.0. The molecule has 0 radical (unpaired) electrons. The standard InChI is InChI=1S/C19H17ClN4O2/c1-12-3-6-14(7-4-12)23-18-10-16(21-11-22-18)19(25)24-15-9-13(20)5-8-17(15)26-2/h3-11H,1-2H3,(H,24,25)(H,21,22,23). The summed E-state index contributed by atoms with van der Waals surface area (Å²) < 4.78 is 5.23. The van der Waals surface area contributed by atoms with E-state index in [1.807, 2.05) is 31.2 Å². The van der Waals surface area contributed by atoms with Crippen molar-refractivity contribution < 1.29 is 9.53 Å². The van der Waals surface area contributed by atoms with Crippen LogP contribution < -0.4 is 15.4 Å². The molecule has 0 fully saturated rings. The Morgan fingerprint density at radius 2 is 1.85 bits per heavy atom. The van der Waals surface area contributed by atoms with Crippen molar-refractivity contribution in [2.45, 2.75) is 6.92 Å². The molecule has 0 aliphatic heterocycles. The van der Waals surface area contributed by atoms with E-state index in [4.69, 9.17) is 16.3 Å². The Morgan fingerprint density at radius 1 is 1.08 bits per heavy atom. The van der Waals surface area contributed by atoms with Crippen LogP contribution in [0.25, 0.3) is 0 Å². The second-order valence-corrected chi connectivity index (χ2v) is 6.01. The van der Waals surface area contributed by atoms with Crippen LogP contribution >= 0.6 is 11.6 Å². The zero-order valence-electron chi connectivity index (χ0n) is 14.3. The fourth-order valence-electron chi connectivity index (χ4n) is 2.30. The molecule has 1 heterocycles. The van der Waals surface area contributed by atoms with E-state index in [2.05, 4.69) is 20.6 Å². The lowest BCUT2D eigenvalue weighted by Gasteiger charge is -2.11. The molecule has 6 nitrogen and oxygen atoms in total. The van der Waals surface area contributed by atoms with Crippen LogP contribution in [0.5, 0.6) is 5.75 Å². The summed E-state index contributed by atoms with van der Waals surface area (Å²) in [6, 6.07) is 14.4. The first kappa shape index (κ1) is 17.7. The number of ether oxygens (including phenoxy) is 1. The summed E-state index contributed by atoms with van der Waals surface area (Å²) in [6.07, 6.45) is 1.33. The van der Waals surface area contributed by atoms with Crippen molar-refractivity contribution >= 4 is 34.7 Å². The van der Waals surface area contributed by atoms with Crippen LogP contribution in [0.2, 0.25) is 5.02 Å². The maximum Gasteiger partial charge on any atom is 0.274 e. The number of anilines is 3. The van der Waals surface area contributed by atoms with Gasteiger partial charge in [-0.2, -0.15) is 0 Å². The van der Waals surface area contributed by atoms with Gasteiger partial charge in [-0.25, -0.2) is 9.97 Å². The van der Waals surface area contributed by atoms with Crippen LogP contribution in [-0.2, 0) is 0 Å². The number of hydrogen-bond acceptors (Lipinski definition) is 5. The lowest BCUT2D eigenvalue weighted by Crippen LogP contribution is -2.15. The molecule has 2 N–H and O–H groups in total. The average Bonchev–Trinajstić information content (AvgIpc) is 2.64. The van der Waals surface area contributed by atoms with E-state index in [9.17, 15) is 4.79 Å². The number of amides is 1. The van der Waals surface area contributed by atoms with Gasteiger partial charge in [-0.3, -0.25) is 4.79 Å². The van der Waals surface area contributed by atoms with Crippen LogP contribution in [0.1, 0.15) is 16.1 Å². The molecule has 0 spiro atoms. The van der Waals surface area contributed by atoms with E-state index in [-0.39, 0.29) is 11.6 Å². The van der Waals surface area contributed by atoms with Gasteiger partial charge in [0.1, 0.15) is 23.6 Å². The van der Waals surface area contributed by atoms with Crippen molar-refractivity contribution in [1.82, 2.24) is 9.97 Å². The summed E-state index contributed by atoms with van der Waals surface area (Å²) >= 11 is 5.99. The van der Waals surface area contributed by atoms with Gasteiger partial charge in [0.15, 0.2) is 0 Å². The second kappa shape index (κ2) is 7.84.